The predicted octanol–water partition coefficient (Wildman–Crippen LogP) is 2.83. The summed E-state index contributed by atoms with van der Waals surface area (Å²) < 4.78 is 0. The van der Waals surface area contributed by atoms with Gasteiger partial charge in [0, 0.05) is 17.4 Å². The summed E-state index contributed by atoms with van der Waals surface area (Å²) in [4.78, 5) is 17.3. The first-order valence-electron chi connectivity index (χ1n) is 8.11. The molecule has 0 saturated heterocycles. The number of aliphatic imine (C=N–C) groups is 1. The minimum Gasteiger partial charge on any atom is -0.385 e. The van der Waals surface area contributed by atoms with E-state index in [1.807, 2.05) is 38.2 Å². The van der Waals surface area contributed by atoms with Crippen LogP contribution in [-0.2, 0) is 11.2 Å². The Labute approximate surface area is 143 Å². The van der Waals surface area contributed by atoms with Crippen molar-refractivity contribution < 1.29 is 4.79 Å². The third-order valence-corrected chi connectivity index (χ3v) is 4.85. The van der Waals surface area contributed by atoms with Crippen molar-refractivity contribution in [3.8, 4) is 0 Å². The molecule has 1 aliphatic heterocycles. The van der Waals surface area contributed by atoms with Crippen molar-refractivity contribution in [2.75, 3.05) is 7.05 Å². The second-order valence-corrected chi connectivity index (χ2v) is 7.26. The van der Waals surface area contributed by atoms with Gasteiger partial charge in [0.1, 0.15) is 11.4 Å². The van der Waals surface area contributed by atoms with Gasteiger partial charge in [-0.15, -0.1) is 0 Å². The van der Waals surface area contributed by atoms with Crippen LogP contribution in [0.25, 0.3) is 0 Å². The number of hydrogen-bond donors (Lipinski definition) is 2. The molecule has 2 rings (SSSR count). The Morgan fingerprint density at radius 3 is 2.52 bits per heavy atom. The SMILES string of the molecule is CN[C@@H](CC(C)C)C(=O)C(C)[C@]1(Cc2cccc(Cl)c2)N=C1N. The monoisotopic (exact) mass is 335 g/mol. The number of ketones is 1. The molecule has 1 aromatic carbocycles. The maximum absolute atomic E-state index is 12.9. The fraction of sp³-hybridized carbons (Fsp3) is 0.556. The van der Waals surface area contributed by atoms with Crippen LogP contribution in [0.3, 0.4) is 0 Å². The quantitative estimate of drug-likeness (QED) is 0.767. The highest BCUT2D eigenvalue weighted by Crippen LogP contribution is 2.39. The normalized spacial score (nSPS) is 22.6. The summed E-state index contributed by atoms with van der Waals surface area (Å²) >= 11 is 6.06. The number of nitrogens with two attached hydrogens (primary N) is 1. The van der Waals surface area contributed by atoms with Crippen molar-refractivity contribution in [3.05, 3.63) is 34.9 Å². The van der Waals surface area contributed by atoms with E-state index in [1.165, 1.54) is 0 Å². The first kappa shape index (κ1) is 18.0. The van der Waals surface area contributed by atoms with E-state index in [-0.39, 0.29) is 17.7 Å². The zero-order valence-electron chi connectivity index (χ0n) is 14.3. The van der Waals surface area contributed by atoms with Crippen molar-refractivity contribution in [3.63, 3.8) is 0 Å². The highest BCUT2D eigenvalue weighted by atomic mass is 35.5. The third-order valence-electron chi connectivity index (χ3n) is 4.62. The summed E-state index contributed by atoms with van der Waals surface area (Å²) in [6, 6.07) is 7.49. The average molecular weight is 336 g/mol. The van der Waals surface area contributed by atoms with Crippen LogP contribution in [0.4, 0.5) is 0 Å². The van der Waals surface area contributed by atoms with Crippen LogP contribution in [0.1, 0.15) is 32.8 Å². The number of Topliss-reactive ketones (excluding diaryl/α,β-unsaturated/α-hetero) is 1. The third kappa shape index (κ3) is 3.93. The van der Waals surface area contributed by atoms with Crippen molar-refractivity contribution in [2.24, 2.45) is 22.6 Å². The molecular formula is C18H26ClN3O. The van der Waals surface area contributed by atoms with Gasteiger partial charge in [-0.3, -0.25) is 9.79 Å². The van der Waals surface area contributed by atoms with E-state index in [1.54, 1.807) is 0 Å². The molecule has 0 bridgehead atoms. The van der Waals surface area contributed by atoms with Gasteiger partial charge >= 0.3 is 0 Å². The molecule has 5 heteroatoms. The first-order chi connectivity index (χ1) is 10.8. The van der Waals surface area contributed by atoms with E-state index >= 15 is 0 Å². The number of carbonyl (C=O) groups excluding carboxylic acids is 1. The number of nitrogens with zero attached hydrogens (tertiary/aromatic N) is 1. The lowest BCUT2D eigenvalue weighted by Crippen LogP contribution is -2.46. The Kier molecular flexibility index (Phi) is 5.48. The molecule has 3 atom stereocenters. The molecule has 1 aromatic rings. The van der Waals surface area contributed by atoms with Gasteiger partial charge < -0.3 is 11.1 Å². The first-order valence-corrected chi connectivity index (χ1v) is 8.49. The van der Waals surface area contributed by atoms with Crippen molar-refractivity contribution >= 4 is 23.2 Å². The summed E-state index contributed by atoms with van der Waals surface area (Å²) in [6.45, 7) is 6.17. The Bertz CT molecular complexity index is 614. The molecule has 126 valence electrons. The van der Waals surface area contributed by atoms with Crippen LogP contribution in [0.5, 0.6) is 0 Å². The van der Waals surface area contributed by atoms with Crippen LogP contribution >= 0.6 is 11.6 Å². The van der Waals surface area contributed by atoms with Crippen LogP contribution in [-0.4, -0.2) is 30.2 Å². The number of likely N-dealkylation sites (N-methyl/N-ethyl adjacent to an activating group) is 1. The lowest BCUT2D eigenvalue weighted by Gasteiger charge is -2.26. The smallest absolute Gasteiger partial charge is 0.155 e. The molecule has 0 aromatic heterocycles. The molecular weight excluding hydrogens is 310 g/mol. The molecule has 0 saturated carbocycles. The molecule has 4 nitrogen and oxygen atoms in total. The minimum absolute atomic E-state index is 0.162. The van der Waals surface area contributed by atoms with E-state index in [2.05, 4.69) is 24.2 Å². The van der Waals surface area contributed by atoms with Crippen LogP contribution in [0, 0.1) is 11.8 Å². The molecule has 1 heterocycles. The van der Waals surface area contributed by atoms with Gasteiger partial charge in [-0.25, -0.2) is 0 Å². The summed E-state index contributed by atoms with van der Waals surface area (Å²) in [7, 11) is 1.83. The van der Waals surface area contributed by atoms with Gasteiger partial charge in [-0.2, -0.15) is 0 Å². The van der Waals surface area contributed by atoms with Crippen LogP contribution in [0.2, 0.25) is 5.02 Å². The molecule has 0 amide bonds. The zero-order chi connectivity index (χ0) is 17.2. The number of benzene rings is 1. The second-order valence-electron chi connectivity index (χ2n) is 6.82. The van der Waals surface area contributed by atoms with Gasteiger partial charge in [-0.05, 0) is 37.1 Å². The maximum Gasteiger partial charge on any atom is 0.155 e. The number of rotatable bonds is 8. The van der Waals surface area contributed by atoms with Crippen LogP contribution in [0.15, 0.2) is 29.3 Å². The van der Waals surface area contributed by atoms with Gasteiger partial charge in [0.2, 0.25) is 0 Å². The maximum atomic E-state index is 12.9. The standard InChI is InChI=1S/C18H26ClN3O/c1-11(2)8-15(21-4)16(23)12(3)18(17(20)22-18)10-13-6-5-7-14(19)9-13/h5-7,9,11-12,15,21H,8,10H2,1-4H3,(H2,20,22)/t12?,15-,18-/m0/s1. The molecule has 0 spiro atoms. The molecule has 0 aliphatic carbocycles. The number of nitrogens with one attached hydrogen (secondary N) is 1. The Morgan fingerprint density at radius 2 is 2.04 bits per heavy atom. The Morgan fingerprint density at radius 1 is 1.39 bits per heavy atom. The lowest BCUT2D eigenvalue weighted by molar-refractivity contribution is -0.125. The molecule has 23 heavy (non-hydrogen) atoms. The molecule has 0 fully saturated rings. The molecule has 0 radical (unpaired) electrons. The van der Waals surface area contributed by atoms with Gasteiger partial charge in [0.15, 0.2) is 5.78 Å². The summed E-state index contributed by atoms with van der Waals surface area (Å²) in [6.07, 6.45) is 1.43. The average Bonchev–Trinajstić information content (AvgIpc) is 3.14. The van der Waals surface area contributed by atoms with E-state index < -0.39 is 5.54 Å². The second kappa shape index (κ2) is 7.02. The predicted molar refractivity (Wildman–Crippen MR) is 96.0 cm³/mol. The van der Waals surface area contributed by atoms with E-state index in [0.717, 1.165) is 12.0 Å². The summed E-state index contributed by atoms with van der Waals surface area (Å²) in [5.74, 6) is 0.938. The molecule has 3 N–H and O–H groups in total. The Balaban J connectivity index is 2.14. The van der Waals surface area contributed by atoms with Crippen molar-refractivity contribution in [1.29, 1.82) is 0 Å². The van der Waals surface area contributed by atoms with Gasteiger partial charge in [0.05, 0.1) is 6.04 Å². The highest BCUT2D eigenvalue weighted by molar-refractivity contribution is 6.30. The van der Waals surface area contributed by atoms with E-state index in [9.17, 15) is 4.79 Å². The van der Waals surface area contributed by atoms with Gasteiger partial charge in [-0.1, -0.05) is 44.5 Å². The molecule has 1 aliphatic rings. The fourth-order valence-electron chi connectivity index (χ4n) is 3.13. The van der Waals surface area contributed by atoms with Crippen molar-refractivity contribution in [2.45, 2.75) is 45.2 Å². The molecule has 1 unspecified atom stereocenters. The van der Waals surface area contributed by atoms with Crippen LogP contribution < -0.4 is 11.1 Å². The highest BCUT2D eigenvalue weighted by Gasteiger charge is 2.53. The number of hydrogen-bond acceptors (Lipinski definition) is 4. The van der Waals surface area contributed by atoms with Crippen molar-refractivity contribution in [1.82, 2.24) is 5.32 Å². The minimum atomic E-state index is -0.576. The summed E-state index contributed by atoms with van der Waals surface area (Å²) in [5, 5.41) is 3.82. The Hall–Kier alpha value is -1.39. The lowest BCUT2D eigenvalue weighted by atomic mass is 9.79. The van der Waals surface area contributed by atoms with E-state index in [0.29, 0.717) is 23.2 Å². The largest absolute Gasteiger partial charge is 0.385 e. The fourth-order valence-corrected chi connectivity index (χ4v) is 3.34. The van der Waals surface area contributed by atoms with E-state index in [4.69, 9.17) is 17.3 Å². The summed E-state index contributed by atoms with van der Waals surface area (Å²) in [5.41, 5.74) is 6.49. The topological polar surface area (TPSA) is 67.5 Å². The zero-order valence-corrected chi connectivity index (χ0v) is 15.0. The number of amidine groups is 1. The van der Waals surface area contributed by atoms with Gasteiger partial charge in [0.25, 0.3) is 0 Å². The number of halogens is 1. The number of carbonyl (C=O) groups is 1.